The van der Waals surface area contributed by atoms with Crippen LogP contribution in [0.5, 0.6) is 5.75 Å². The highest BCUT2D eigenvalue weighted by Crippen LogP contribution is 2.21. The quantitative estimate of drug-likeness (QED) is 0.767. The summed E-state index contributed by atoms with van der Waals surface area (Å²) in [5, 5.41) is 0. The van der Waals surface area contributed by atoms with E-state index in [9.17, 15) is 4.79 Å². The Balaban J connectivity index is 2.37. The van der Waals surface area contributed by atoms with Crippen LogP contribution in [0.3, 0.4) is 0 Å². The number of carbonyl (C=O) groups is 1. The zero-order valence-corrected chi connectivity index (χ0v) is 10.9. The van der Waals surface area contributed by atoms with Crippen molar-refractivity contribution >= 4 is 5.78 Å². The van der Waals surface area contributed by atoms with E-state index < -0.39 is 0 Å². The summed E-state index contributed by atoms with van der Waals surface area (Å²) in [6, 6.07) is 13.1. The third kappa shape index (κ3) is 2.43. The molecule has 92 valence electrons. The molecule has 0 saturated carbocycles. The first-order valence-corrected chi connectivity index (χ1v) is 5.88. The minimum Gasteiger partial charge on any atom is -0.496 e. The maximum atomic E-state index is 12.3. The lowest BCUT2D eigenvalue weighted by atomic mass is 10.0. The van der Waals surface area contributed by atoms with Crippen LogP contribution in [0.2, 0.25) is 0 Å². The Hall–Kier alpha value is -2.09. The molecule has 0 atom stereocenters. The van der Waals surface area contributed by atoms with Crippen LogP contribution in [0.15, 0.2) is 42.5 Å². The van der Waals surface area contributed by atoms with E-state index in [1.165, 1.54) is 0 Å². The van der Waals surface area contributed by atoms with Crippen LogP contribution in [-0.4, -0.2) is 12.9 Å². The molecule has 0 aliphatic rings. The highest BCUT2D eigenvalue weighted by atomic mass is 16.5. The molecule has 0 fully saturated rings. The summed E-state index contributed by atoms with van der Waals surface area (Å²) in [5.74, 6) is 0.765. The van der Waals surface area contributed by atoms with Gasteiger partial charge < -0.3 is 4.74 Å². The third-order valence-electron chi connectivity index (χ3n) is 2.98. The van der Waals surface area contributed by atoms with Gasteiger partial charge in [-0.25, -0.2) is 0 Å². The molecule has 0 unspecified atom stereocenters. The highest BCUT2D eigenvalue weighted by Gasteiger charge is 2.10. The van der Waals surface area contributed by atoms with Crippen LogP contribution in [-0.2, 0) is 0 Å². The van der Waals surface area contributed by atoms with Gasteiger partial charge in [0.25, 0.3) is 0 Å². The minimum atomic E-state index is 0.0216. The van der Waals surface area contributed by atoms with Crippen molar-refractivity contribution in [2.24, 2.45) is 0 Å². The Labute approximate surface area is 107 Å². The average molecular weight is 240 g/mol. The molecule has 2 aromatic carbocycles. The van der Waals surface area contributed by atoms with Crippen molar-refractivity contribution in [1.29, 1.82) is 0 Å². The number of benzene rings is 2. The first-order valence-electron chi connectivity index (χ1n) is 5.88. The van der Waals surface area contributed by atoms with Gasteiger partial charge in [0.05, 0.1) is 7.11 Å². The molecular formula is C16H16O2. The van der Waals surface area contributed by atoms with E-state index in [4.69, 9.17) is 4.74 Å². The Morgan fingerprint density at radius 3 is 2.17 bits per heavy atom. The molecule has 0 saturated heterocycles. The van der Waals surface area contributed by atoms with E-state index in [1.54, 1.807) is 13.2 Å². The number of methoxy groups -OCH3 is 1. The fourth-order valence-electron chi connectivity index (χ4n) is 1.83. The number of hydrogen-bond acceptors (Lipinski definition) is 2. The second-order valence-electron chi connectivity index (χ2n) is 4.38. The smallest absolute Gasteiger partial charge is 0.193 e. The number of aryl methyl sites for hydroxylation is 2. The van der Waals surface area contributed by atoms with Gasteiger partial charge in [0.1, 0.15) is 5.75 Å². The van der Waals surface area contributed by atoms with E-state index in [2.05, 4.69) is 0 Å². The van der Waals surface area contributed by atoms with Crippen molar-refractivity contribution in [3.05, 3.63) is 64.7 Å². The van der Waals surface area contributed by atoms with Crippen LogP contribution in [0.25, 0.3) is 0 Å². The van der Waals surface area contributed by atoms with Crippen LogP contribution in [0, 0.1) is 13.8 Å². The molecule has 18 heavy (non-hydrogen) atoms. The summed E-state index contributed by atoms with van der Waals surface area (Å²) >= 11 is 0. The summed E-state index contributed by atoms with van der Waals surface area (Å²) in [7, 11) is 1.61. The fourth-order valence-corrected chi connectivity index (χ4v) is 1.83. The summed E-state index contributed by atoms with van der Waals surface area (Å²) in [4.78, 5) is 12.3. The molecular weight excluding hydrogens is 224 g/mol. The number of rotatable bonds is 3. The highest BCUT2D eigenvalue weighted by molar-refractivity contribution is 6.09. The lowest BCUT2D eigenvalue weighted by molar-refractivity contribution is 0.103. The van der Waals surface area contributed by atoms with Crippen molar-refractivity contribution < 1.29 is 9.53 Å². The van der Waals surface area contributed by atoms with Gasteiger partial charge >= 0.3 is 0 Å². The minimum absolute atomic E-state index is 0.0216. The van der Waals surface area contributed by atoms with E-state index in [1.807, 2.05) is 50.2 Å². The molecule has 2 heteroatoms. The van der Waals surface area contributed by atoms with Crippen molar-refractivity contribution in [2.75, 3.05) is 7.11 Å². The largest absolute Gasteiger partial charge is 0.496 e. The molecule has 0 heterocycles. The molecule has 0 amide bonds. The Morgan fingerprint density at radius 1 is 0.944 bits per heavy atom. The summed E-state index contributed by atoms with van der Waals surface area (Å²) < 4.78 is 5.24. The first kappa shape index (κ1) is 12.4. The number of ether oxygens (including phenoxy) is 1. The Kier molecular flexibility index (Phi) is 3.47. The number of carbonyl (C=O) groups excluding carboxylic acids is 1. The van der Waals surface area contributed by atoms with Gasteiger partial charge in [-0.15, -0.1) is 0 Å². The standard InChI is InChI=1S/C16H16O2/c1-11-4-7-13(8-5-11)16(17)14-9-6-12(2)15(10-14)18-3/h4-10H,1-3H3. The van der Waals surface area contributed by atoms with Gasteiger partial charge in [-0.3, -0.25) is 4.79 Å². The third-order valence-corrected chi connectivity index (χ3v) is 2.98. The topological polar surface area (TPSA) is 26.3 Å². The molecule has 2 rings (SSSR count). The van der Waals surface area contributed by atoms with E-state index >= 15 is 0 Å². The first-order chi connectivity index (χ1) is 8.61. The lowest BCUT2D eigenvalue weighted by Gasteiger charge is -2.07. The van der Waals surface area contributed by atoms with Crippen molar-refractivity contribution in [1.82, 2.24) is 0 Å². The van der Waals surface area contributed by atoms with Crippen molar-refractivity contribution in [2.45, 2.75) is 13.8 Å². The van der Waals surface area contributed by atoms with Gasteiger partial charge in [0, 0.05) is 11.1 Å². The molecule has 0 spiro atoms. The number of ketones is 1. The van der Waals surface area contributed by atoms with Gasteiger partial charge in [0.2, 0.25) is 0 Å². The van der Waals surface area contributed by atoms with Crippen molar-refractivity contribution in [3.8, 4) is 5.75 Å². The lowest BCUT2D eigenvalue weighted by Crippen LogP contribution is -2.02. The Morgan fingerprint density at radius 2 is 1.56 bits per heavy atom. The normalized spacial score (nSPS) is 10.2. The summed E-state index contributed by atoms with van der Waals surface area (Å²) in [6.07, 6.45) is 0. The molecule has 0 N–H and O–H groups in total. The SMILES string of the molecule is COc1cc(C(=O)c2ccc(C)cc2)ccc1C. The zero-order valence-electron chi connectivity index (χ0n) is 10.9. The van der Waals surface area contributed by atoms with Crippen LogP contribution >= 0.6 is 0 Å². The van der Waals surface area contributed by atoms with Crippen LogP contribution < -0.4 is 4.74 Å². The Bertz CT molecular complexity index is 568. The van der Waals surface area contributed by atoms with Crippen LogP contribution in [0.1, 0.15) is 27.0 Å². The fraction of sp³-hybridized carbons (Fsp3) is 0.188. The molecule has 0 aliphatic carbocycles. The van der Waals surface area contributed by atoms with Gasteiger partial charge in [-0.2, -0.15) is 0 Å². The van der Waals surface area contributed by atoms with E-state index in [-0.39, 0.29) is 5.78 Å². The van der Waals surface area contributed by atoms with Gasteiger partial charge in [-0.05, 0) is 25.5 Å². The molecule has 0 bridgehead atoms. The molecule has 2 nitrogen and oxygen atoms in total. The molecule has 0 aromatic heterocycles. The summed E-state index contributed by atoms with van der Waals surface area (Å²) in [5.41, 5.74) is 3.53. The molecule has 2 aromatic rings. The van der Waals surface area contributed by atoms with E-state index in [0.717, 1.165) is 16.9 Å². The van der Waals surface area contributed by atoms with Crippen molar-refractivity contribution in [3.63, 3.8) is 0 Å². The molecule has 0 radical (unpaired) electrons. The van der Waals surface area contributed by atoms with Gasteiger partial charge in [-0.1, -0.05) is 42.0 Å². The number of hydrogen-bond donors (Lipinski definition) is 0. The maximum Gasteiger partial charge on any atom is 0.193 e. The van der Waals surface area contributed by atoms with Crippen LogP contribution in [0.4, 0.5) is 0 Å². The second-order valence-corrected chi connectivity index (χ2v) is 4.38. The van der Waals surface area contributed by atoms with Gasteiger partial charge in [0.15, 0.2) is 5.78 Å². The molecule has 0 aliphatic heterocycles. The second kappa shape index (κ2) is 5.05. The predicted octanol–water partition coefficient (Wildman–Crippen LogP) is 3.54. The summed E-state index contributed by atoms with van der Waals surface area (Å²) in [6.45, 7) is 3.96. The predicted molar refractivity (Wildman–Crippen MR) is 72.3 cm³/mol. The average Bonchev–Trinajstić information content (AvgIpc) is 2.39. The maximum absolute atomic E-state index is 12.3. The monoisotopic (exact) mass is 240 g/mol. The zero-order chi connectivity index (χ0) is 13.1. The van der Waals surface area contributed by atoms with E-state index in [0.29, 0.717) is 11.1 Å².